The molecule has 6 aromatic rings. The standard InChI is InChI=1S/C27H12N4O/c1-29-17-7-10-24-21(13-17)20-12-16(15-28)6-9-23(20)31(24)25-5-3-4-19-22-14-18(30-2)8-11-26(22)32-27(19)25/h3-14H. The average Bonchev–Trinajstić information content (AvgIpc) is 3.38. The van der Waals surface area contributed by atoms with E-state index in [9.17, 15) is 5.26 Å². The summed E-state index contributed by atoms with van der Waals surface area (Å²) in [5.74, 6) is 0. The molecular weight excluding hydrogens is 396 g/mol. The van der Waals surface area contributed by atoms with Gasteiger partial charge in [-0.15, -0.1) is 0 Å². The molecule has 0 saturated carbocycles. The maximum atomic E-state index is 9.42. The number of rotatable bonds is 1. The first-order valence-corrected chi connectivity index (χ1v) is 9.91. The summed E-state index contributed by atoms with van der Waals surface area (Å²) in [5.41, 5.74) is 5.85. The fraction of sp³-hybridized carbons (Fsp3) is 0. The molecule has 0 spiro atoms. The highest BCUT2D eigenvalue weighted by Gasteiger charge is 2.18. The van der Waals surface area contributed by atoms with Crippen molar-refractivity contribution in [2.75, 3.05) is 0 Å². The molecule has 0 unspecified atom stereocenters. The van der Waals surface area contributed by atoms with E-state index in [1.165, 1.54) is 0 Å². The topological polar surface area (TPSA) is 50.6 Å². The van der Waals surface area contributed by atoms with E-state index < -0.39 is 0 Å². The molecule has 2 heterocycles. The lowest BCUT2D eigenvalue weighted by molar-refractivity contribution is 0.666. The molecule has 146 valence electrons. The van der Waals surface area contributed by atoms with Gasteiger partial charge < -0.3 is 8.98 Å². The van der Waals surface area contributed by atoms with Gasteiger partial charge in [0.05, 0.1) is 41.5 Å². The van der Waals surface area contributed by atoms with Crippen LogP contribution in [0, 0.1) is 24.5 Å². The molecule has 2 aromatic heterocycles. The van der Waals surface area contributed by atoms with Gasteiger partial charge in [-0.2, -0.15) is 5.26 Å². The van der Waals surface area contributed by atoms with E-state index in [4.69, 9.17) is 17.6 Å². The predicted octanol–water partition coefficient (Wildman–Crippen LogP) is 7.66. The van der Waals surface area contributed by atoms with Gasteiger partial charge in [0.15, 0.2) is 17.0 Å². The van der Waals surface area contributed by atoms with Crippen LogP contribution in [-0.2, 0) is 0 Å². The maximum absolute atomic E-state index is 9.42. The first-order valence-electron chi connectivity index (χ1n) is 9.91. The van der Waals surface area contributed by atoms with Crippen molar-refractivity contribution in [3.05, 3.63) is 101 Å². The summed E-state index contributed by atoms with van der Waals surface area (Å²) in [6, 6.07) is 24.8. The van der Waals surface area contributed by atoms with Crippen LogP contribution in [0.2, 0.25) is 0 Å². The number of hydrogen-bond donors (Lipinski definition) is 0. The highest BCUT2D eigenvalue weighted by Crippen LogP contribution is 2.39. The van der Waals surface area contributed by atoms with Crippen molar-refractivity contribution in [3.63, 3.8) is 0 Å². The predicted molar refractivity (Wildman–Crippen MR) is 125 cm³/mol. The summed E-state index contributed by atoms with van der Waals surface area (Å²) < 4.78 is 8.38. The van der Waals surface area contributed by atoms with E-state index in [1.54, 1.807) is 18.2 Å². The molecule has 32 heavy (non-hydrogen) atoms. The molecule has 0 fully saturated rings. The summed E-state index contributed by atoms with van der Waals surface area (Å²) in [6.07, 6.45) is 0. The van der Waals surface area contributed by atoms with Gasteiger partial charge in [-0.1, -0.05) is 24.3 Å². The van der Waals surface area contributed by atoms with Crippen LogP contribution in [0.4, 0.5) is 11.4 Å². The Balaban J connectivity index is 1.78. The van der Waals surface area contributed by atoms with Crippen LogP contribution < -0.4 is 0 Å². The van der Waals surface area contributed by atoms with Gasteiger partial charge >= 0.3 is 0 Å². The lowest BCUT2D eigenvalue weighted by Gasteiger charge is -2.08. The third-order valence-corrected chi connectivity index (χ3v) is 5.84. The first-order chi connectivity index (χ1) is 15.7. The average molecular weight is 408 g/mol. The molecule has 0 saturated heterocycles. The number of fused-ring (bicyclic) bond motifs is 6. The van der Waals surface area contributed by atoms with Crippen LogP contribution in [0.5, 0.6) is 0 Å². The van der Waals surface area contributed by atoms with Gasteiger partial charge in [-0.3, -0.25) is 0 Å². The molecule has 6 rings (SSSR count). The van der Waals surface area contributed by atoms with E-state index in [-0.39, 0.29) is 0 Å². The number of para-hydroxylation sites is 1. The number of furan rings is 1. The Kier molecular flexibility index (Phi) is 3.60. The fourth-order valence-electron chi connectivity index (χ4n) is 4.43. The molecule has 0 bridgehead atoms. The SMILES string of the molecule is [C-]#[N+]c1ccc2oc3c(-n4c5ccc(C#N)cc5c5cc([N+]#[C-])ccc54)cccc3c2c1. The summed E-state index contributed by atoms with van der Waals surface area (Å²) in [5, 5.41) is 13.1. The second-order valence-electron chi connectivity index (χ2n) is 7.54. The zero-order valence-electron chi connectivity index (χ0n) is 16.6. The Bertz CT molecular complexity index is 1800. The van der Waals surface area contributed by atoms with Gasteiger partial charge in [0, 0.05) is 16.2 Å². The van der Waals surface area contributed by atoms with E-state index in [0.717, 1.165) is 49.4 Å². The van der Waals surface area contributed by atoms with E-state index in [0.29, 0.717) is 16.9 Å². The monoisotopic (exact) mass is 408 g/mol. The van der Waals surface area contributed by atoms with Crippen molar-refractivity contribution in [1.82, 2.24) is 4.57 Å². The molecule has 0 atom stereocenters. The summed E-state index contributed by atoms with van der Waals surface area (Å²) in [7, 11) is 0. The van der Waals surface area contributed by atoms with E-state index in [1.807, 2.05) is 54.6 Å². The van der Waals surface area contributed by atoms with Gasteiger partial charge in [-0.25, -0.2) is 9.69 Å². The second kappa shape index (κ2) is 6.47. The zero-order chi connectivity index (χ0) is 21.8. The Hall–Kier alpha value is -5.05. The van der Waals surface area contributed by atoms with Crippen LogP contribution >= 0.6 is 0 Å². The number of nitrogens with zero attached hydrogens (tertiary/aromatic N) is 4. The largest absolute Gasteiger partial charge is 0.454 e. The van der Waals surface area contributed by atoms with Crippen LogP contribution in [-0.4, -0.2) is 4.57 Å². The smallest absolute Gasteiger partial charge is 0.188 e. The number of hydrogen-bond acceptors (Lipinski definition) is 2. The van der Waals surface area contributed by atoms with Crippen LogP contribution in [0.1, 0.15) is 5.56 Å². The van der Waals surface area contributed by atoms with Crippen LogP contribution in [0.25, 0.3) is 59.1 Å². The van der Waals surface area contributed by atoms with Crippen molar-refractivity contribution < 1.29 is 4.42 Å². The summed E-state index contributed by atoms with van der Waals surface area (Å²) >= 11 is 0. The molecular formula is C27H12N4O. The Morgan fingerprint density at radius 2 is 1.44 bits per heavy atom. The normalized spacial score (nSPS) is 11.0. The van der Waals surface area contributed by atoms with Crippen molar-refractivity contribution >= 4 is 55.1 Å². The third-order valence-electron chi connectivity index (χ3n) is 5.84. The van der Waals surface area contributed by atoms with E-state index in [2.05, 4.69) is 20.3 Å². The molecule has 5 nitrogen and oxygen atoms in total. The van der Waals surface area contributed by atoms with Gasteiger partial charge in [0.25, 0.3) is 0 Å². The second-order valence-corrected chi connectivity index (χ2v) is 7.54. The molecule has 0 radical (unpaired) electrons. The first kappa shape index (κ1) is 17.8. The summed E-state index contributed by atoms with van der Waals surface area (Å²) in [4.78, 5) is 7.13. The maximum Gasteiger partial charge on any atom is 0.188 e. The minimum Gasteiger partial charge on any atom is -0.454 e. The number of benzene rings is 4. The molecule has 4 aromatic carbocycles. The fourth-order valence-corrected chi connectivity index (χ4v) is 4.43. The molecule has 5 heteroatoms. The molecule has 0 aliphatic heterocycles. The minimum atomic E-state index is 0.549. The van der Waals surface area contributed by atoms with Gasteiger partial charge in [0.2, 0.25) is 0 Å². The Morgan fingerprint density at radius 3 is 2.19 bits per heavy atom. The molecule has 0 aliphatic rings. The highest BCUT2D eigenvalue weighted by molar-refractivity contribution is 6.13. The lowest BCUT2D eigenvalue weighted by Crippen LogP contribution is -1.94. The van der Waals surface area contributed by atoms with Gasteiger partial charge in [-0.05, 0) is 53.9 Å². The van der Waals surface area contributed by atoms with Crippen molar-refractivity contribution in [2.45, 2.75) is 0 Å². The van der Waals surface area contributed by atoms with E-state index >= 15 is 0 Å². The van der Waals surface area contributed by atoms with Crippen molar-refractivity contribution in [3.8, 4) is 11.8 Å². The number of nitriles is 1. The van der Waals surface area contributed by atoms with Crippen molar-refractivity contribution in [2.24, 2.45) is 0 Å². The van der Waals surface area contributed by atoms with Crippen LogP contribution in [0.3, 0.4) is 0 Å². The van der Waals surface area contributed by atoms with Gasteiger partial charge in [0.1, 0.15) is 5.58 Å². The molecule has 0 amide bonds. The Labute approximate surface area is 182 Å². The third kappa shape index (κ3) is 2.36. The van der Waals surface area contributed by atoms with Crippen molar-refractivity contribution in [1.29, 1.82) is 5.26 Å². The minimum absolute atomic E-state index is 0.549. The highest BCUT2D eigenvalue weighted by atomic mass is 16.3. The quantitative estimate of drug-likeness (QED) is 0.262. The zero-order valence-corrected chi connectivity index (χ0v) is 16.6. The molecule has 0 aliphatic carbocycles. The van der Waals surface area contributed by atoms with Crippen LogP contribution in [0.15, 0.2) is 77.2 Å². The summed E-state index contributed by atoms with van der Waals surface area (Å²) in [6.45, 7) is 14.7. The number of aromatic nitrogens is 1. The molecule has 0 N–H and O–H groups in total. The lowest BCUT2D eigenvalue weighted by atomic mass is 10.1. The Morgan fingerprint density at radius 1 is 0.750 bits per heavy atom.